The molecule has 2 aromatic carbocycles. The smallest absolute Gasteiger partial charge is 0.121 e. The lowest BCUT2D eigenvalue weighted by Crippen LogP contribution is -1.97. The molecule has 0 amide bonds. The average molecular weight is 341 g/mol. The fraction of sp³-hybridized carbons (Fsp3) is 0.478. The Morgan fingerprint density at radius 3 is 1.44 bits per heavy atom. The molecule has 0 saturated heterocycles. The molecule has 0 aliphatic heterocycles. The van der Waals surface area contributed by atoms with Crippen LogP contribution in [0, 0.1) is 13.8 Å². The number of unbranched alkanes of at least 4 members (excludes halogenated alkanes) is 2. The van der Waals surface area contributed by atoms with Crippen LogP contribution in [0.4, 0.5) is 0 Å². The molecule has 25 heavy (non-hydrogen) atoms. The lowest BCUT2D eigenvalue weighted by molar-refractivity contribution is 0.462. The van der Waals surface area contributed by atoms with Gasteiger partial charge in [-0.2, -0.15) is 0 Å². The van der Waals surface area contributed by atoms with Gasteiger partial charge in [0, 0.05) is 0 Å². The van der Waals surface area contributed by atoms with Crippen LogP contribution in [0.15, 0.2) is 24.3 Å². The standard InChI is InChI=1S/C23H32O2/c1-5-7-9-20-14-18(11-16(3)22(20)24)13-19-12-17(4)23(25)21(15-19)10-8-6-2/h11-12,14-15,24-25H,5-10,13H2,1-4H3. The van der Waals surface area contributed by atoms with Crippen LogP contribution in [-0.2, 0) is 19.3 Å². The average Bonchev–Trinajstić information content (AvgIpc) is 2.58. The maximum Gasteiger partial charge on any atom is 0.121 e. The van der Waals surface area contributed by atoms with Crippen molar-refractivity contribution in [1.82, 2.24) is 0 Å². The van der Waals surface area contributed by atoms with Gasteiger partial charge in [-0.25, -0.2) is 0 Å². The Balaban J connectivity index is 2.29. The summed E-state index contributed by atoms with van der Waals surface area (Å²) in [4.78, 5) is 0. The van der Waals surface area contributed by atoms with Crippen molar-refractivity contribution in [2.24, 2.45) is 0 Å². The third-order valence-electron chi connectivity index (χ3n) is 4.89. The van der Waals surface area contributed by atoms with Gasteiger partial charge < -0.3 is 10.2 Å². The molecular formula is C23H32O2. The van der Waals surface area contributed by atoms with Crippen LogP contribution < -0.4 is 0 Å². The van der Waals surface area contributed by atoms with Gasteiger partial charge in [0.05, 0.1) is 0 Å². The molecule has 0 heterocycles. The van der Waals surface area contributed by atoms with Gasteiger partial charge in [-0.3, -0.25) is 0 Å². The Hall–Kier alpha value is -1.96. The van der Waals surface area contributed by atoms with Crippen LogP contribution in [0.3, 0.4) is 0 Å². The van der Waals surface area contributed by atoms with Crippen LogP contribution in [0.1, 0.15) is 72.9 Å². The normalized spacial score (nSPS) is 11.0. The number of phenols is 2. The zero-order valence-electron chi connectivity index (χ0n) is 16.2. The summed E-state index contributed by atoms with van der Waals surface area (Å²) in [5.41, 5.74) is 6.47. The van der Waals surface area contributed by atoms with Gasteiger partial charge in [0.25, 0.3) is 0 Å². The molecule has 0 aromatic heterocycles. The quantitative estimate of drug-likeness (QED) is 0.619. The van der Waals surface area contributed by atoms with Crippen molar-refractivity contribution in [3.8, 4) is 11.5 Å². The molecule has 2 nitrogen and oxygen atoms in total. The molecule has 2 aromatic rings. The van der Waals surface area contributed by atoms with Crippen molar-refractivity contribution in [2.75, 3.05) is 0 Å². The first-order chi connectivity index (χ1) is 12.0. The lowest BCUT2D eigenvalue weighted by atomic mass is 9.94. The minimum absolute atomic E-state index is 0.447. The maximum absolute atomic E-state index is 10.3. The number of hydrogen-bond acceptors (Lipinski definition) is 2. The number of aromatic hydroxyl groups is 2. The van der Waals surface area contributed by atoms with E-state index < -0.39 is 0 Å². The Morgan fingerprint density at radius 1 is 0.680 bits per heavy atom. The summed E-state index contributed by atoms with van der Waals surface area (Å²) in [6, 6.07) is 8.45. The van der Waals surface area contributed by atoms with E-state index in [1.807, 2.05) is 13.8 Å². The van der Waals surface area contributed by atoms with Gasteiger partial charge in [-0.05, 0) is 79.3 Å². The second kappa shape index (κ2) is 8.94. The summed E-state index contributed by atoms with van der Waals surface area (Å²) in [5.74, 6) is 0.894. The van der Waals surface area contributed by atoms with Gasteiger partial charge in [0.2, 0.25) is 0 Å². The van der Waals surface area contributed by atoms with Crippen molar-refractivity contribution in [1.29, 1.82) is 0 Å². The molecule has 0 spiro atoms. The van der Waals surface area contributed by atoms with Gasteiger partial charge in [-0.1, -0.05) is 51.0 Å². The molecule has 0 radical (unpaired) electrons. The third-order valence-corrected chi connectivity index (χ3v) is 4.89. The number of benzene rings is 2. The van der Waals surface area contributed by atoms with Crippen LogP contribution >= 0.6 is 0 Å². The molecular weight excluding hydrogens is 308 g/mol. The Bertz CT molecular complexity index is 655. The summed E-state index contributed by atoms with van der Waals surface area (Å²) in [6.07, 6.45) is 7.12. The molecule has 0 aliphatic carbocycles. The highest BCUT2D eigenvalue weighted by molar-refractivity contribution is 5.47. The molecule has 2 rings (SSSR count). The van der Waals surface area contributed by atoms with E-state index in [1.54, 1.807) is 0 Å². The first kappa shape index (κ1) is 19.4. The number of rotatable bonds is 8. The van der Waals surface area contributed by atoms with Crippen LogP contribution in [0.5, 0.6) is 11.5 Å². The molecule has 2 heteroatoms. The summed E-state index contributed by atoms with van der Waals surface area (Å²) in [5, 5.41) is 20.6. The zero-order chi connectivity index (χ0) is 18.4. The third kappa shape index (κ3) is 5.01. The molecule has 2 N–H and O–H groups in total. The highest BCUT2D eigenvalue weighted by atomic mass is 16.3. The van der Waals surface area contributed by atoms with Crippen molar-refractivity contribution in [3.63, 3.8) is 0 Å². The van der Waals surface area contributed by atoms with Crippen LogP contribution in [0.2, 0.25) is 0 Å². The van der Waals surface area contributed by atoms with Crippen LogP contribution in [0.25, 0.3) is 0 Å². The molecule has 0 saturated carbocycles. The Labute approximate surface area is 152 Å². The van der Waals surface area contributed by atoms with Crippen LogP contribution in [-0.4, -0.2) is 10.2 Å². The molecule has 136 valence electrons. The molecule has 0 fully saturated rings. The summed E-state index contributed by atoms with van der Waals surface area (Å²) < 4.78 is 0. The summed E-state index contributed by atoms with van der Waals surface area (Å²) in [6.45, 7) is 8.29. The SMILES string of the molecule is CCCCc1cc(Cc2cc(C)c(O)c(CCCC)c2)cc(C)c1O. The minimum Gasteiger partial charge on any atom is -0.507 e. The Morgan fingerprint density at radius 2 is 1.08 bits per heavy atom. The van der Waals surface area contributed by atoms with Gasteiger partial charge >= 0.3 is 0 Å². The predicted octanol–water partition coefficient (Wildman–Crippen LogP) is 5.99. The van der Waals surface area contributed by atoms with E-state index in [0.29, 0.717) is 11.5 Å². The first-order valence-electron chi connectivity index (χ1n) is 9.59. The highest BCUT2D eigenvalue weighted by Gasteiger charge is 2.10. The Kier molecular flexibility index (Phi) is 6.92. The molecule has 0 unspecified atom stereocenters. The number of aryl methyl sites for hydroxylation is 4. The van der Waals surface area contributed by atoms with Crippen molar-refractivity contribution in [3.05, 3.63) is 57.6 Å². The maximum atomic E-state index is 10.3. The molecule has 0 bridgehead atoms. The first-order valence-corrected chi connectivity index (χ1v) is 9.59. The van der Waals surface area contributed by atoms with E-state index in [2.05, 4.69) is 38.1 Å². The minimum atomic E-state index is 0.447. The topological polar surface area (TPSA) is 40.5 Å². The van der Waals surface area contributed by atoms with E-state index in [1.165, 1.54) is 11.1 Å². The van der Waals surface area contributed by atoms with E-state index in [9.17, 15) is 10.2 Å². The van der Waals surface area contributed by atoms with Gasteiger partial charge in [0.1, 0.15) is 11.5 Å². The fourth-order valence-corrected chi connectivity index (χ4v) is 3.42. The largest absolute Gasteiger partial charge is 0.507 e. The van der Waals surface area contributed by atoms with E-state index in [4.69, 9.17) is 0 Å². The number of hydrogen-bond donors (Lipinski definition) is 2. The number of phenolic OH excluding ortho intramolecular Hbond substituents is 2. The van der Waals surface area contributed by atoms with E-state index in [0.717, 1.165) is 67.2 Å². The highest BCUT2D eigenvalue weighted by Crippen LogP contribution is 2.29. The summed E-state index contributed by atoms with van der Waals surface area (Å²) >= 11 is 0. The van der Waals surface area contributed by atoms with Crippen molar-refractivity contribution >= 4 is 0 Å². The van der Waals surface area contributed by atoms with Crippen molar-refractivity contribution < 1.29 is 10.2 Å². The van der Waals surface area contributed by atoms with Gasteiger partial charge in [0.15, 0.2) is 0 Å². The van der Waals surface area contributed by atoms with E-state index >= 15 is 0 Å². The van der Waals surface area contributed by atoms with Crippen molar-refractivity contribution in [2.45, 2.75) is 72.6 Å². The predicted molar refractivity (Wildman–Crippen MR) is 106 cm³/mol. The molecule has 0 atom stereocenters. The monoisotopic (exact) mass is 340 g/mol. The second-order valence-corrected chi connectivity index (χ2v) is 7.22. The lowest BCUT2D eigenvalue weighted by Gasteiger charge is -2.13. The summed E-state index contributed by atoms with van der Waals surface area (Å²) in [7, 11) is 0. The van der Waals surface area contributed by atoms with Gasteiger partial charge in [-0.15, -0.1) is 0 Å². The second-order valence-electron chi connectivity index (χ2n) is 7.22. The zero-order valence-corrected chi connectivity index (χ0v) is 16.2. The molecule has 0 aliphatic rings. The fourth-order valence-electron chi connectivity index (χ4n) is 3.42. The van der Waals surface area contributed by atoms with E-state index in [-0.39, 0.29) is 0 Å².